The van der Waals surface area contributed by atoms with Crippen LogP contribution in [0, 0.1) is 18.7 Å². The molecule has 3 aliphatic rings. The van der Waals surface area contributed by atoms with Crippen molar-refractivity contribution >= 4 is 17.7 Å². The van der Waals surface area contributed by atoms with Crippen LogP contribution < -0.4 is 5.32 Å². The molecule has 144 valence electrons. The smallest absolute Gasteiger partial charge is 0.257 e. The minimum atomic E-state index is -0.524. The molecule has 1 aromatic carbocycles. The van der Waals surface area contributed by atoms with Gasteiger partial charge in [0.25, 0.3) is 5.91 Å². The maximum absolute atomic E-state index is 14.2. The Morgan fingerprint density at radius 2 is 2.07 bits per heavy atom. The molecular formula is C20H24FN3O3. The summed E-state index contributed by atoms with van der Waals surface area (Å²) in [7, 11) is 0. The van der Waals surface area contributed by atoms with Crippen molar-refractivity contribution in [2.45, 2.75) is 44.7 Å². The predicted molar refractivity (Wildman–Crippen MR) is 96.4 cm³/mol. The van der Waals surface area contributed by atoms with Gasteiger partial charge >= 0.3 is 0 Å². The first-order valence-corrected chi connectivity index (χ1v) is 9.60. The van der Waals surface area contributed by atoms with Crippen LogP contribution in [0.2, 0.25) is 0 Å². The van der Waals surface area contributed by atoms with Gasteiger partial charge in [-0.1, -0.05) is 11.6 Å². The van der Waals surface area contributed by atoms with Gasteiger partial charge in [-0.25, -0.2) is 4.39 Å². The quantitative estimate of drug-likeness (QED) is 0.854. The Morgan fingerprint density at radius 1 is 1.26 bits per heavy atom. The first kappa shape index (κ1) is 17.9. The lowest BCUT2D eigenvalue weighted by molar-refractivity contribution is -0.139. The third kappa shape index (κ3) is 3.19. The average Bonchev–Trinajstić information content (AvgIpc) is 3.15. The van der Waals surface area contributed by atoms with E-state index in [0.29, 0.717) is 19.5 Å². The second-order valence-electron chi connectivity index (χ2n) is 7.80. The lowest BCUT2D eigenvalue weighted by atomic mass is 9.88. The number of halogens is 1. The van der Waals surface area contributed by atoms with Crippen LogP contribution in [0.25, 0.3) is 0 Å². The monoisotopic (exact) mass is 373 g/mol. The van der Waals surface area contributed by atoms with Crippen molar-refractivity contribution in [3.05, 3.63) is 35.1 Å². The van der Waals surface area contributed by atoms with E-state index in [1.54, 1.807) is 21.9 Å². The van der Waals surface area contributed by atoms with Crippen molar-refractivity contribution in [3.8, 4) is 0 Å². The average molecular weight is 373 g/mol. The third-order valence-corrected chi connectivity index (χ3v) is 6.01. The van der Waals surface area contributed by atoms with Crippen LogP contribution in [0.5, 0.6) is 0 Å². The van der Waals surface area contributed by atoms with Gasteiger partial charge in [0.15, 0.2) is 0 Å². The highest BCUT2D eigenvalue weighted by Gasteiger charge is 2.52. The van der Waals surface area contributed by atoms with Gasteiger partial charge in [-0.05, 0) is 44.7 Å². The van der Waals surface area contributed by atoms with E-state index >= 15 is 0 Å². The second-order valence-corrected chi connectivity index (χ2v) is 7.80. The maximum Gasteiger partial charge on any atom is 0.257 e. The number of carbonyl (C=O) groups is 3. The molecule has 3 saturated heterocycles. The minimum absolute atomic E-state index is 0.0304. The molecule has 2 bridgehead atoms. The summed E-state index contributed by atoms with van der Waals surface area (Å²) >= 11 is 0. The molecular weight excluding hydrogens is 349 g/mol. The summed E-state index contributed by atoms with van der Waals surface area (Å²) in [5.41, 5.74) is 0.906. The molecule has 3 heterocycles. The molecule has 3 fully saturated rings. The number of aryl methyl sites for hydroxylation is 1. The number of hydrogen-bond acceptors (Lipinski definition) is 3. The zero-order valence-electron chi connectivity index (χ0n) is 15.4. The topological polar surface area (TPSA) is 69.7 Å². The lowest BCUT2D eigenvalue weighted by Gasteiger charge is -2.28. The minimum Gasteiger partial charge on any atom is -0.354 e. The highest BCUT2D eigenvalue weighted by molar-refractivity contribution is 5.96. The Morgan fingerprint density at radius 3 is 2.89 bits per heavy atom. The van der Waals surface area contributed by atoms with Crippen LogP contribution in [-0.4, -0.2) is 59.2 Å². The summed E-state index contributed by atoms with van der Waals surface area (Å²) in [4.78, 5) is 41.2. The fourth-order valence-electron chi connectivity index (χ4n) is 4.74. The van der Waals surface area contributed by atoms with E-state index in [-0.39, 0.29) is 47.8 Å². The molecule has 0 saturated carbocycles. The Hall–Kier alpha value is -2.44. The van der Waals surface area contributed by atoms with Crippen LogP contribution in [0.15, 0.2) is 18.2 Å². The van der Waals surface area contributed by atoms with E-state index in [1.165, 1.54) is 6.07 Å². The van der Waals surface area contributed by atoms with E-state index in [0.717, 1.165) is 24.8 Å². The molecule has 4 rings (SSSR count). The first-order chi connectivity index (χ1) is 13.0. The summed E-state index contributed by atoms with van der Waals surface area (Å²) in [6.45, 7) is 3.03. The highest BCUT2D eigenvalue weighted by Crippen LogP contribution is 2.43. The van der Waals surface area contributed by atoms with Crippen LogP contribution in [0.4, 0.5) is 4.39 Å². The molecule has 3 aliphatic heterocycles. The number of nitrogens with zero attached hydrogens (tertiary/aromatic N) is 2. The maximum atomic E-state index is 14.2. The Balaban J connectivity index is 1.54. The zero-order chi connectivity index (χ0) is 19.1. The van der Waals surface area contributed by atoms with Crippen molar-refractivity contribution < 1.29 is 18.8 Å². The number of rotatable bonds is 2. The van der Waals surface area contributed by atoms with Gasteiger partial charge in [0, 0.05) is 25.2 Å². The number of nitrogens with one attached hydrogen (secondary N) is 1. The Kier molecular flexibility index (Phi) is 4.61. The van der Waals surface area contributed by atoms with Crippen molar-refractivity contribution in [1.82, 2.24) is 15.1 Å². The summed E-state index contributed by atoms with van der Waals surface area (Å²) in [5, 5.41) is 2.77. The molecule has 6 nitrogen and oxygen atoms in total. The molecule has 1 N–H and O–H groups in total. The van der Waals surface area contributed by atoms with Crippen LogP contribution >= 0.6 is 0 Å². The van der Waals surface area contributed by atoms with E-state index in [1.807, 2.05) is 6.92 Å². The number of benzene rings is 1. The van der Waals surface area contributed by atoms with Crippen LogP contribution in [0.3, 0.4) is 0 Å². The third-order valence-electron chi connectivity index (χ3n) is 6.01. The fourth-order valence-corrected chi connectivity index (χ4v) is 4.74. The van der Waals surface area contributed by atoms with Gasteiger partial charge in [-0.15, -0.1) is 0 Å². The SMILES string of the molecule is Cc1ccc(F)c(C(=O)N2[C@@H]3CC[C@@H]2[C@H](C(=O)N2CCCNC(=O)C2)C3)c1. The molecule has 27 heavy (non-hydrogen) atoms. The summed E-state index contributed by atoms with van der Waals surface area (Å²) in [6, 6.07) is 4.30. The van der Waals surface area contributed by atoms with Gasteiger partial charge in [0.1, 0.15) is 5.82 Å². The molecule has 1 aromatic rings. The van der Waals surface area contributed by atoms with E-state index in [2.05, 4.69) is 5.32 Å². The zero-order valence-corrected chi connectivity index (χ0v) is 15.4. The van der Waals surface area contributed by atoms with Crippen LogP contribution in [0.1, 0.15) is 41.6 Å². The summed E-state index contributed by atoms with van der Waals surface area (Å²) in [6.07, 6.45) is 2.92. The van der Waals surface area contributed by atoms with E-state index in [4.69, 9.17) is 0 Å². The normalized spacial score (nSPS) is 27.5. The first-order valence-electron chi connectivity index (χ1n) is 9.60. The van der Waals surface area contributed by atoms with Gasteiger partial charge in [0.2, 0.25) is 11.8 Å². The number of amides is 3. The standard InChI is InChI=1S/C20H24FN3O3/c1-12-3-5-16(21)14(9-12)20(27)24-13-4-6-17(24)15(10-13)19(26)23-8-2-7-22-18(25)11-23/h3,5,9,13,15,17H,2,4,6-8,10-11H2,1H3,(H,22,25)/t13-,15-,17-/m1/s1. The van der Waals surface area contributed by atoms with Gasteiger partial charge in [-0.3, -0.25) is 14.4 Å². The van der Waals surface area contributed by atoms with Gasteiger partial charge in [0.05, 0.1) is 18.0 Å². The van der Waals surface area contributed by atoms with E-state index < -0.39 is 5.82 Å². The molecule has 3 atom stereocenters. The molecule has 0 spiro atoms. The summed E-state index contributed by atoms with van der Waals surface area (Å²) < 4.78 is 14.2. The van der Waals surface area contributed by atoms with Crippen molar-refractivity contribution in [2.75, 3.05) is 19.6 Å². The fraction of sp³-hybridized carbons (Fsp3) is 0.550. The highest BCUT2D eigenvalue weighted by atomic mass is 19.1. The van der Waals surface area contributed by atoms with Crippen molar-refractivity contribution in [2.24, 2.45) is 5.92 Å². The second kappa shape index (κ2) is 6.94. The van der Waals surface area contributed by atoms with Crippen LogP contribution in [-0.2, 0) is 9.59 Å². The lowest BCUT2D eigenvalue weighted by Crippen LogP contribution is -2.45. The van der Waals surface area contributed by atoms with E-state index in [9.17, 15) is 18.8 Å². The summed E-state index contributed by atoms with van der Waals surface area (Å²) in [5.74, 6) is -1.34. The molecule has 0 unspecified atom stereocenters. The molecule has 0 aromatic heterocycles. The molecule has 0 radical (unpaired) electrons. The predicted octanol–water partition coefficient (Wildman–Crippen LogP) is 1.48. The Labute approximate surface area is 157 Å². The molecule has 7 heteroatoms. The molecule has 3 amide bonds. The number of hydrogen-bond donors (Lipinski definition) is 1. The van der Waals surface area contributed by atoms with Gasteiger partial charge < -0.3 is 15.1 Å². The molecule has 0 aliphatic carbocycles. The van der Waals surface area contributed by atoms with Gasteiger partial charge in [-0.2, -0.15) is 0 Å². The Bertz CT molecular complexity index is 797. The van der Waals surface area contributed by atoms with Crippen molar-refractivity contribution in [1.29, 1.82) is 0 Å². The number of fused-ring (bicyclic) bond motifs is 2. The largest absolute Gasteiger partial charge is 0.354 e. The number of carbonyl (C=O) groups excluding carboxylic acids is 3. The van der Waals surface area contributed by atoms with Crippen molar-refractivity contribution in [3.63, 3.8) is 0 Å².